The minimum atomic E-state index is -1.04. The molecule has 86 valence electrons. The maximum absolute atomic E-state index is 10.8. The molecule has 0 unspecified atom stereocenters. The maximum atomic E-state index is 10.8. The Labute approximate surface area is 98.7 Å². The SMILES string of the molecule is N[C@@H](C(=O)O)c1cccc(-c2ccccn2)c1. The van der Waals surface area contributed by atoms with E-state index in [0.29, 0.717) is 5.56 Å². The zero-order valence-corrected chi connectivity index (χ0v) is 9.08. The lowest BCUT2D eigenvalue weighted by Gasteiger charge is -2.08. The summed E-state index contributed by atoms with van der Waals surface area (Å²) in [4.78, 5) is 15.0. The van der Waals surface area contributed by atoms with Gasteiger partial charge in [0.05, 0.1) is 5.69 Å². The van der Waals surface area contributed by atoms with Gasteiger partial charge in [0, 0.05) is 11.8 Å². The summed E-state index contributed by atoms with van der Waals surface area (Å²) >= 11 is 0. The highest BCUT2D eigenvalue weighted by molar-refractivity contribution is 5.76. The highest BCUT2D eigenvalue weighted by Crippen LogP contribution is 2.20. The van der Waals surface area contributed by atoms with Crippen LogP contribution in [-0.2, 0) is 4.79 Å². The third-order valence-corrected chi connectivity index (χ3v) is 2.47. The number of aromatic nitrogens is 1. The van der Waals surface area contributed by atoms with Crippen LogP contribution in [0.1, 0.15) is 11.6 Å². The molecule has 0 spiro atoms. The molecule has 0 aliphatic heterocycles. The Kier molecular flexibility index (Phi) is 3.16. The van der Waals surface area contributed by atoms with E-state index in [2.05, 4.69) is 4.98 Å². The molecule has 0 aliphatic rings. The lowest BCUT2D eigenvalue weighted by molar-refractivity contribution is -0.138. The summed E-state index contributed by atoms with van der Waals surface area (Å²) in [5.41, 5.74) is 7.79. The molecule has 4 nitrogen and oxygen atoms in total. The van der Waals surface area contributed by atoms with Gasteiger partial charge in [0.1, 0.15) is 6.04 Å². The summed E-state index contributed by atoms with van der Waals surface area (Å²) in [5, 5.41) is 8.86. The van der Waals surface area contributed by atoms with Crippen molar-refractivity contribution in [2.75, 3.05) is 0 Å². The standard InChI is InChI=1S/C13H12N2O2/c14-12(13(16)17)10-5-3-4-9(8-10)11-6-1-2-7-15-11/h1-8,12H,14H2,(H,16,17)/t12-/m1/s1. The van der Waals surface area contributed by atoms with Gasteiger partial charge in [-0.05, 0) is 23.8 Å². The fourth-order valence-corrected chi connectivity index (χ4v) is 1.57. The summed E-state index contributed by atoms with van der Waals surface area (Å²) < 4.78 is 0. The largest absolute Gasteiger partial charge is 0.480 e. The number of rotatable bonds is 3. The predicted molar refractivity (Wildman–Crippen MR) is 64.2 cm³/mol. The van der Waals surface area contributed by atoms with Gasteiger partial charge in [-0.25, -0.2) is 0 Å². The van der Waals surface area contributed by atoms with Crippen molar-refractivity contribution in [3.05, 3.63) is 54.2 Å². The van der Waals surface area contributed by atoms with E-state index in [-0.39, 0.29) is 0 Å². The molecule has 0 saturated heterocycles. The highest BCUT2D eigenvalue weighted by atomic mass is 16.4. The van der Waals surface area contributed by atoms with Gasteiger partial charge in [-0.2, -0.15) is 0 Å². The van der Waals surface area contributed by atoms with E-state index in [4.69, 9.17) is 10.8 Å². The van der Waals surface area contributed by atoms with Gasteiger partial charge in [-0.15, -0.1) is 0 Å². The smallest absolute Gasteiger partial charge is 0.325 e. The van der Waals surface area contributed by atoms with Crippen LogP contribution in [-0.4, -0.2) is 16.1 Å². The Hall–Kier alpha value is -2.20. The van der Waals surface area contributed by atoms with Gasteiger partial charge in [-0.3, -0.25) is 9.78 Å². The number of nitrogens with two attached hydrogens (primary N) is 1. The van der Waals surface area contributed by atoms with Crippen LogP contribution in [0, 0.1) is 0 Å². The third kappa shape index (κ3) is 2.49. The molecule has 2 rings (SSSR count). The average molecular weight is 228 g/mol. The van der Waals surface area contributed by atoms with Crippen molar-refractivity contribution in [1.82, 2.24) is 4.98 Å². The van der Waals surface area contributed by atoms with E-state index in [0.717, 1.165) is 11.3 Å². The molecule has 1 aromatic heterocycles. The molecule has 0 amide bonds. The molecule has 0 saturated carbocycles. The summed E-state index contributed by atoms with van der Waals surface area (Å²) in [6, 6.07) is 11.7. The summed E-state index contributed by atoms with van der Waals surface area (Å²) in [7, 11) is 0. The van der Waals surface area contributed by atoms with Crippen molar-refractivity contribution in [3.8, 4) is 11.3 Å². The van der Waals surface area contributed by atoms with Crippen molar-refractivity contribution >= 4 is 5.97 Å². The van der Waals surface area contributed by atoms with Crippen molar-refractivity contribution in [2.45, 2.75) is 6.04 Å². The number of benzene rings is 1. The van der Waals surface area contributed by atoms with Crippen LogP contribution < -0.4 is 5.73 Å². The lowest BCUT2D eigenvalue weighted by Crippen LogP contribution is -2.20. The number of nitrogens with zero attached hydrogens (tertiary/aromatic N) is 1. The average Bonchev–Trinajstić information content (AvgIpc) is 2.39. The van der Waals surface area contributed by atoms with Gasteiger partial charge in [-0.1, -0.05) is 24.3 Å². The fraction of sp³-hybridized carbons (Fsp3) is 0.0769. The minimum Gasteiger partial charge on any atom is -0.480 e. The molecule has 0 radical (unpaired) electrons. The third-order valence-electron chi connectivity index (χ3n) is 2.47. The Bertz CT molecular complexity index is 526. The van der Waals surface area contributed by atoms with Gasteiger partial charge in [0.15, 0.2) is 0 Å². The van der Waals surface area contributed by atoms with Crippen LogP contribution >= 0.6 is 0 Å². The van der Waals surface area contributed by atoms with Crippen molar-refractivity contribution in [1.29, 1.82) is 0 Å². The second kappa shape index (κ2) is 4.76. The molecular formula is C13H12N2O2. The topological polar surface area (TPSA) is 76.2 Å². The quantitative estimate of drug-likeness (QED) is 0.840. The lowest BCUT2D eigenvalue weighted by atomic mass is 10.0. The number of carboxylic acid groups (broad SMARTS) is 1. The summed E-state index contributed by atoms with van der Waals surface area (Å²) in [5.74, 6) is -1.04. The molecule has 0 bridgehead atoms. The minimum absolute atomic E-state index is 0.570. The Morgan fingerprint density at radius 3 is 2.71 bits per heavy atom. The van der Waals surface area contributed by atoms with E-state index in [1.54, 1.807) is 24.4 Å². The molecule has 0 fully saturated rings. The summed E-state index contributed by atoms with van der Waals surface area (Å²) in [6.45, 7) is 0. The number of pyridine rings is 1. The molecule has 2 aromatic rings. The number of carbonyl (C=O) groups is 1. The van der Waals surface area contributed by atoms with E-state index < -0.39 is 12.0 Å². The van der Waals surface area contributed by atoms with Gasteiger partial charge < -0.3 is 10.8 Å². The van der Waals surface area contributed by atoms with Crippen LogP contribution in [0.5, 0.6) is 0 Å². The van der Waals surface area contributed by atoms with Gasteiger partial charge in [0.25, 0.3) is 0 Å². The first-order valence-corrected chi connectivity index (χ1v) is 5.18. The van der Waals surface area contributed by atoms with Crippen LogP contribution in [0.3, 0.4) is 0 Å². The zero-order valence-electron chi connectivity index (χ0n) is 9.08. The van der Waals surface area contributed by atoms with Gasteiger partial charge in [0.2, 0.25) is 0 Å². The molecular weight excluding hydrogens is 216 g/mol. The van der Waals surface area contributed by atoms with Crippen molar-refractivity contribution in [2.24, 2.45) is 5.73 Å². The molecule has 4 heteroatoms. The van der Waals surface area contributed by atoms with E-state index in [1.807, 2.05) is 24.3 Å². The molecule has 1 aromatic carbocycles. The number of carboxylic acids is 1. The Morgan fingerprint density at radius 1 is 1.24 bits per heavy atom. The van der Waals surface area contributed by atoms with E-state index in [1.165, 1.54) is 0 Å². The molecule has 1 atom stereocenters. The highest BCUT2D eigenvalue weighted by Gasteiger charge is 2.14. The van der Waals surface area contributed by atoms with E-state index in [9.17, 15) is 4.79 Å². The van der Waals surface area contributed by atoms with Crippen molar-refractivity contribution < 1.29 is 9.90 Å². The normalized spacial score (nSPS) is 12.1. The zero-order chi connectivity index (χ0) is 12.3. The molecule has 1 heterocycles. The number of aliphatic carboxylic acids is 1. The molecule has 0 aliphatic carbocycles. The summed E-state index contributed by atoms with van der Waals surface area (Å²) in [6.07, 6.45) is 1.69. The second-order valence-electron chi connectivity index (χ2n) is 3.66. The second-order valence-corrected chi connectivity index (χ2v) is 3.66. The Balaban J connectivity index is 2.39. The van der Waals surface area contributed by atoms with Crippen molar-refractivity contribution in [3.63, 3.8) is 0 Å². The van der Waals surface area contributed by atoms with Crippen LogP contribution in [0.15, 0.2) is 48.7 Å². The van der Waals surface area contributed by atoms with Gasteiger partial charge >= 0.3 is 5.97 Å². The van der Waals surface area contributed by atoms with Crippen LogP contribution in [0.2, 0.25) is 0 Å². The van der Waals surface area contributed by atoms with E-state index >= 15 is 0 Å². The van der Waals surface area contributed by atoms with Crippen LogP contribution in [0.4, 0.5) is 0 Å². The first-order valence-electron chi connectivity index (χ1n) is 5.18. The molecule has 17 heavy (non-hydrogen) atoms. The molecule has 3 N–H and O–H groups in total. The maximum Gasteiger partial charge on any atom is 0.325 e. The monoisotopic (exact) mass is 228 g/mol. The number of hydrogen-bond acceptors (Lipinski definition) is 3. The first-order chi connectivity index (χ1) is 8.18. The number of hydrogen-bond donors (Lipinski definition) is 2. The van der Waals surface area contributed by atoms with Crippen LogP contribution in [0.25, 0.3) is 11.3 Å². The Morgan fingerprint density at radius 2 is 2.06 bits per heavy atom. The fourth-order valence-electron chi connectivity index (χ4n) is 1.57. The predicted octanol–water partition coefficient (Wildman–Crippen LogP) is 1.83. The first kappa shape index (κ1) is 11.3.